The third-order valence-corrected chi connectivity index (χ3v) is 3.55. The summed E-state index contributed by atoms with van der Waals surface area (Å²) in [6.07, 6.45) is 6.41. The van der Waals surface area contributed by atoms with Crippen molar-refractivity contribution in [3.05, 3.63) is 68.8 Å². The Labute approximate surface area is 132 Å². The van der Waals surface area contributed by atoms with Gasteiger partial charge in [-0.2, -0.15) is 0 Å². The average Bonchev–Trinajstić information content (AvgIpc) is 2.58. The largest absolute Gasteiger partial charge is 0.372 e. The minimum atomic E-state index is -0.535. The molecule has 2 heterocycles. The van der Waals surface area contributed by atoms with Gasteiger partial charge < -0.3 is 10.6 Å². The van der Waals surface area contributed by atoms with Gasteiger partial charge in [0.15, 0.2) is 0 Å². The van der Waals surface area contributed by atoms with E-state index in [1.54, 1.807) is 36.9 Å². The molecule has 0 aliphatic heterocycles. The molecule has 1 aromatic carbocycles. The minimum absolute atomic E-state index is 0.245. The standard InChI is InChI=1S/C16H15N5O2/c1-9-12(19-8-7-18-9)10(2)20-13-14(16(23)15(13)22)21-11-3-5-17-6-4-11/h3-8,10,20H,1-2H3,(H,17,21). The molecule has 0 saturated carbocycles. The first kappa shape index (κ1) is 14.8. The van der Waals surface area contributed by atoms with Crippen LogP contribution in [0.25, 0.3) is 0 Å². The van der Waals surface area contributed by atoms with Gasteiger partial charge in [0, 0.05) is 30.5 Å². The van der Waals surface area contributed by atoms with Crippen LogP contribution in [0.5, 0.6) is 0 Å². The molecule has 0 amide bonds. The Hall–Kier alpha value is -3.09. The van der Waals surface area contributed by atoms with Crippen LogP contribution in [0.1, 0.15) is 24.4 Å². The third-order valence-electron chi connectivity index (χ3n) is 3.55. The van der Waals surface area contributed by atoms with Crippen LogP contribution in [-0.2, 0) is 0 Å². The first-order valence-electron chi connectivity index (χ1n) is 7.12. The number of nitrogens with one attached hydrogen (secondary N) is 2. The Morgan fingerprint density at radius 1 is 0.957 bits per heavy atom. The summed E-state index contributed by atoms with van der Waals surface area (Å²) >= 11 is 0. The lowest BCUT2D eigenvalue weighted by Crippen LogP contribution is -2.37. The van der Waals surface area contributed by atoms with E-state index >= 15 is 0 Å². The molecule has 7 nitrogen and oxygen atoms in total. The molecule has 0 saturated heterocycles. The number of rotatable bonds is 5. The molecule has 0 radical (unpaired) electrons. The van der Waals surface area contributed by atoms with Crippen LogP contribution in [0, 0.1) is 6.92 Å². The zero-order valence-electron chi connectivity index (χ0n) is 12.7. The number of pyridine rings is 1. The molecule has 1 atom stereocenters. The van der Waals surface area contributed by atoms with Crippen LogP contribution < -0.4 is 21.5 Å². The van der Waals surface area contributed by atoms with Crippen LogP contribution in [-0.4, -0.2) is 15.0 Å². The first-order valence-corrected chi connectivity index (χ1v) is 7.12. The molecule has 7 heteroatoms. The summed E-state index contributed by atoms with van der Waals surface area (Å²) in [6.45, 7) is 3.71. The van der Waals surface area contributed by atoms with Gasteiger partial charge in [0.05, 0.1) is 17.4 Å². The van der Waals surface area contributed by atoms with Crippen LogP contribution in [0.4, 0.5) is 17.1 Å². The fourth-order valence-corrected chi connectivity index (χ4v) is 2.36. The van der Waals surface area contributed by atoms with Crippen molar-refractivity contribution in [2.24, 2.45) is 0 Å². The van der Waals surface area contributed by atoms with E-state index in [-0.39, 0.29) is 17.4 Å². The highest BCUT2D eigenvalue weighted by molar-refractivity contribution is 5.78. The zero-order chi connectivity index (χ0) is 16.4. The van der Waals surface area contributed by atoms with Crippen molar-refractivity contribution in [3.63, 3.8) is 0 Å². The highest BCUT2D eigenvalue weighted by atomic mass is 16.2. The number of anilines is 3. The van der Waals surface area contributed by atoms with E-state index in [4.69, 9.17) is 0 Å². The van der Waals surface area contributed by atoms with Gasteiger partial charge in [0.1, 0.15) is 11.4 Å². The maximum atomic E-state index is 11.9. The Morgan fingerprint density at radius 2 is 1.61 bits per heavy atom. The van der Waals surface area contributed by atoms with Gasteiger partial charge in [-0.3, -0.25) is 24.5 Å². The number of aromatic nitrogens is 3. The van der Waals surface area contributed by atoms with Crippen LogP contribution >= 0.6 is 0 Å². The first-order chi connectivity index (χ1) is 11.1. The second-order valence-electron chi connectivity index (χ2n) is 5.16. The number of hydrogen-bond donors (Lipinski definition) is 2. The van der Waals surface area contributed by atoms with E-state index < -0.39 is 10.9 Å². The quantitative estimate of drug-likeness (QED) is 0.692. The molecule has 0 aliphatic rings. The van der Waals surface area contributed by atoms with Gasteiger partial charge in [-0.25, -0.2) is 0 Å². The van der Waals surface area contributed by atoms with Crippen LogP contribution in [0.3, 0.4) is 0 Å². The normalized spacial score (nSPS) is 12.1. The van der Waals surface area contributed by atoms with E-state index in [2.05, 4.69) is 25.6 Å². The molecule has 3 rings (SSSR count). The van der Waals surface area contributed by atoms with Crippen LogP contribution in [0.2, 0.25) is 0 Å². The van der Waals surface area contributed by atoms with Crippen molar-refractivity contribution in [1.82, 2.24) is 15.0 Å². The molecule has 0 aliphatic carbocycles. The molecule has 0 fully saturated rings. The van der Waals surface area contributed by atoms with Crippen molar-refractivity contribution in [1.29, 1.82) is 0 Å². The predicted octanol–water partition coefficient (Wildman–Crippen LogP) is 1.69. The molecule has 2 aromatic heterocycles. The topological polar surface area (TPSA) is 96.9 Å². The van der Waals surface area contributed by atoms with Gasteiger partial charge in [-0.1, -0.05) is 0 Å². The molecule has 1 unspecified atom stereocenters. The van der Waals surface area contributed by atoms with Crippen molar-refractivity contribution >= 4 is 17.1 Å². The number of nitrogens with zero attached hydrogens (tertiary/aromatic N) is 3. The Bertz CT molecular complexity index is 900. The summed E-state index contributed by atoms with van der Waals surface area (Å²) in [5, 5.41) is 6.00. The van der Waals surface area contributed by atoms with Gasteiger partial charge in [0.2, 0.25) is 0 Å². The lowest BCUT2D eigenvalue weighted by atomic mass is 10.1. The van der Waals surface area contributed by atoms with Crippen molar-refractivity contribution in [2.75, 3.05) is 10.6 Å². The van der Waals surface area contributed by atoms with E-state index in [0.29, 0.717) is 5.69 Å². The Morgan fingerprint density at radius 3 is 2.30 bits per heavy atom. The minimum Gasteiger partial charge on any atom is -0.372 e. The second-order valence-corrected chi connectivity index (χ2v) is 5.16. The van der Waals surface area contributed by atoms with Crippen molar-refractivity contribution in [3.8, 4) is 0 Å². The van der Waals surface area contributed by atoms with Crippen molar-refractivity contribution < 1.29 is 0 Å². The third kappa shape index (κ3) is 2.80. The summed E-state index contributed by atoms with van der Waals surface area (Å²) in [6, 6.07) is 3.19. The van der Waals surface area contributed by atoms with E-state index in [0.717, 1.165) is 11.4 Å². The molecule has 116 valence electrons. The molecular weight excluding hydrogens is 294 g/mol. The summed E-state index contributed by atoms with van der Waals surface area (Å²) in [5.74, 6) is 0. The zero-order valence-corrected chi connectivity index (χ0v) is 12.7. The molecule has 2 N–H and O–H groups in total. The maximum Gasteiger partial charge on any atom is 0.253 e. The van der Waals surface area contributed by atoms with Gasteiger partial charge in [0.25, 0.3) is 10.9 Å². The summed E-state index contributed by atoms with van der Waals surface area (Å²) in [4.78, 5) is 36.0. The highest BCUT2D eigenvalue weighted by Crippen LogP contribution is 2.24. The lowest BCUT2D eigenvalue weighted by molar-refractivity contribution is 0.807. The van der Waals surface area contributed by atoms with E-state index in [1.165, 1.54) is 0 Å². The van der Waals surface area contributed by atoms with E-state index in [1.807, 2.05) is 13.8 Å². The van der Waals surface area contributed by atoms with Crippen molar-refractivity contribution in [2.45, 2.75) is 19.9 Å². The smallest absolute Gasteiger partial charge is 0.253 e. The molecule has 0 spiro atoms. The lowest BCUT2D eigenvalue weighted by Gasteiger charge is -2.20. The summed E-state index contributed by atoms with van der Waals surface area (Å²) < 4.78 is 0. The summed E-state index contributed by atoms with van der Waals surface area (Å²) in [7, 11) is 0. The summed E-state index contributed by atoms with van der Waals surface area (Å²) in [5.41, 5.74) is 1.66. The predicted molar refractivity (Wildman–Crippen MR) is 87.7 cm³/mol. The highest BCUT2D eigenvalue weighted by Gasteiger charge is 2.23. The maximum absolute atomic E-state index is 11.9. The second kappa shape index (κ2) is 5.96. The van der Waals surface area contributed by atoms with E-state index in [9.17, 15) is 9.59 Å². The van der Waals surface area contributed by atoms with Gasteiger partial charge in [-0.15, -0.1) is 0 Å². The average molecular weight is 309 g/mol. The van der Waals surface area contributed by atoms with Gasteiger partial charge in [-0.05, 0) is 26.0 Å². The Balaban J connectivity index is 1.84. The Kier molecular flexibility index (Phi) is 3.84. The molecular formula is C16H15N5O2. The molecule has 23 heavy (non-hydrogen) atoms. The SMILES string of the molecule is Cc1nccnc1C(C)Nc1c(Nc2ccncc2)c(=O)c1=O. The fraction of sp³-hybridized carbons (Fsp3) is 0.188. The molecule has 3 aromatic rings. The van der Waals surface area contributed by atoms with Crippen LogP contribution in [0.15, 0.2) is 46.5 Å². The monoisotopic (exact) mass is 309 g/mol. The fourth-order valence-electron chi connectivity index (χ4n) is 2.36. The molecule has 0 bridgehead atoms. The van der Waals surface area contributed by atoms with Gasteiger partial charge >= 0.3 is 0 Å². The number of aryl methyl sites for hydroxylation is 1. The number of hydrogen-bond acceptors (Lipinski definition) is 7.